The summed E-state index contributed by atoms with van der Waals surface area (Å²) in [4.78, 5) is 11.5. The summed E-state index contributed by atoms with van der Waals surface area (Å²) >= 11 is 11.6. The van der Waals surface area contributed by atoms with Crippen LogP contribution >= 0.6 is 23.2 Å². The smallest absolute Gasteiger partial charge is 0.348 e. The van der Waals surface area contributed by atoms with Crippen molar-refractivity contribution in [2.24, 2.45) is 0 Å². The second-order valence-electron chi connectivity index (χ2n) is 3.67. The number of carbonyl (C=O) groups is 1. The molecule has 0 aliphatic heterocycles. The quantitative estimate of drug-likeness (QED) is 0.624. The summed E-state index contributed by atoms with van der Waals surface area (Å²) in [5.41, 5.74) is -2.00. The van der Waals surface area contributed by atoms with Crippen LogP contribution in [-0.2, 0) is 15.2 Å². The Morgan fingerprint density at radius 2 is 2.12 bits per heavy atom. The molecule has 0 aliphatic carbocycles. The average molecular weight is 277 g/mol. The average Bonchev–Trinajstić information content (AvgIpc) is 2.31. The molecule has 1 unspecified atom stereocenters. The third kappa shape index (κ3) is 2.93. The van der Waals surface area contributed by atoms with Crippen LogP contribution in [0.1, 0.15) is 12.0 Å². The van der Waals surface area contributed by atoms with E-state index in [9.17, 15) is 9.18 Å². The fourth-order valence-electron chi connectivity index (χ4n) is 1.61. The number of ether oxygens (including phenoxy) is 1. The van der Waals surface area contributed by atoms with Gasteiger partial charge in [0.05, 0.1) is 17.2 Å². The highest BCUT2D eigenvalue weighted by molar-refractivity contribution is 6.42. The molecular formula is C11H12BCl2FO2. The maximum Gasteiger partial charge on any atom is 0.348 e. The first-order valence-electron chi connectivity index (χ1n) is 5.18. The summed E-state index contributed by atoms with van der Waals surface area (Å²) in [6.45, 7) is 0. The van der Waals surface area contributed by atoms with Gasteiger partial charge in [0.15, 0.2) is 0 Å². The Morgan fingerprint density at radius 1 is 1.47 bits per heavy atom. The first-order valence-corrected chi connectivity index (χ1v) is 5.94. The molecule has 1 rings (SSSR count). The summed E-state index contributed by atoms with van der Waals surface area (Å²) in [6, 6.07) is 4.27. The van der Waals surface area contributed by atoms with E-state index in [-0.39, 0.29) is 17.0 Å². The van der Waals surface area contributed by atoms with Gasteiger partial charge >= 0.3 is 5.97 Å². The van der Waals surface area contributed by atoms with Gasteiger partial charge in [-0.15, -0.1) is 0 Å². The van der Waals surface area contributed by atoms with Gasteiger partial charge in [-0.25, -0.2) is 9.18 Å². The lowest BCUT2D eigenvalue weighted by Crippen LogP contribution is -2.32. The summed E-state index contributed by atoms with van der Waals surface area (Å²) in [5, 5.41) is 0.533. The molecule has 17 heavy (non-hydrogen) atoms. The van der Waals surface area contributed by atoms with Gasteiger partial charge in [0.2, 0.25) is 5.67 Å². The first-order chi connectivity index (χ1) is 7.95. The zero-order chi connectivity index (χ0) is 13.1. The molecule has 0 amide bonds. The van der Waals surface area contributed by atoms with Crippen molar-refractivity contribution >= 4 is 37.0 Å². The maximum atomic E-state index is 14.7. The summed E-state index contributed by atoms with van der Waals surface area (Å²) in [6.07, 6.45) is 0.545. The van der Waals surface area contributed by atoms with E-state index in [2.05, 4.69) is 4.74 Å². The summed E-state index contributed by atoms with van der Waals surface area (Å²) in [5.74, 6) is -0.919. The number of rotatable bonds is 4. The first kappa shape index (κ1) is 14.3. The Balaban J connectivity index is 3.22. The van der Waals surface area contributed by atoms with E-state index in [1.54, 1.807) is 7.85 Å². The second-order valence-corrected chi connectivity index (χ2v) is 4.49. The number of hydrogen-bond acceptors (Lipinski definition) is 2. The molecule has 1 atom stereocenters. The third-order valence-corrected chi connectivity index (χ3v) is 3.22. The molecule has 0 aliphatic rings. The maximum absolute atomic E-state index is 14.7. The fraction of sp³-hybridized carbons (Fsp3) is 0.364. The Labute approximate surface area is 110 Å². The molecule has 92 valence electrons. The number of carbonyl (C=O) groups excluding carboxylic acids is 1. The van der Waals surface area contributed by atoms with Crippen LogP contribution in [0.5, 0.6) is 0 Å². The Bertz CT molecular complexity index is 428. The molecule has 0 aromatic heterocycles. The van der Waals surface area contributed by atoms with Crippen molar-refractivity contribution in [1.82, 2.24) is 0 Å². The SMILES string of the molecule is BCCC(F)(C(=O)OC)c1ccc(Cl)c(Cl)c1. The molecule has 0 saturated carbocycles. The van der Waals surface area contributed by atoms with Crippen LogP contribution in [0.4, 0.5) is 4.39 Å². The number of esters is 1. The topological polar surface area (TPSA) is 26.3 Å². The molecule has 1 aromatic rings. The molecular weight excluding hydrogens is 265 g/mol. The highest BCUT2D eigenvalue weighted by Crippen LogP contribution is 2.35. The van der Waals surface area contributed by atoms with Gasteiger partial charge in [-0.2, -0.15) is 0 Å². The number of alkyl halides is 1. The molecule has 2 nitrogen and oxygen atoms in total. The predicted octanol–water partition coefficient (Wildman–Crippen LogP) is 2.77. The van der Waals surface area contributed by atoms with Crippen LogP contribution in [0.15, 0.2) is 18.2 Å². The molecule has 0 radical (unpaired) electrons. The summed E-state index contributed by atoms with van der Waals surface area (Å²) < 4.78 is 19.2. The number of methoxy groups -OCH3 is 1. The van der Waals surface area contributed by atoms with E-state index >= 15 is 0 Å². The van der Waals surface area contributed by atoms with Crippen LogP contribution in [0.3, 0.4) is 0 Å². The zero-order valence-corrected chi connectivity index (χ0v) is 11.1. The predicted molar refractivity (Wildman–Crippen MR) is 69.2 cm³/mol. The van der Waals surface area contributed by atoms with Crippen LogP contribution < -0.4 is 0 Å². The van der Waals surface area contributed by atoms with Gasteiger partial charge < -0.3 is 4.74 Å². The third-order valence-electron chi connectivity index (χ3n) is 2.48. The minimum atomic E-state index is -2.17. The standard InChI is InChI=1S/C11H12BCl2FO2/c1-17-10(16)11(15,4-5-12)7-2-3-8(13)9(14)6-7/h2-3,6H,4-5,12H2,1H3. The molecule has 0 spiro atoms. The van der Waals surface area contributed by atoms with E-state index < -0.39 is 11.6 Å². The van der Waals surface area contributed by atoms with Crippen molar-refractivity contribution in [3.05, 3.63) is 33.8 Å². The van der Waals surface area contributed by atoms with E-state index in [0.29, 0.717) is 11.3 Å². The highest BCUT2D eigenvalue weighted by Gasteiger charge is 2.41. The number of halogens is 3. The van der Waals surface area contributed by atoms with E-state index in [1.807, 2.05) is 0 Å². The van der Waals surface area contributed by atoms with Crippen LogP contribution in [0, 0.1) is 0 Å². The molecule has 0 fully saturated rings. The molecule has 0 heterocycles. The summed E-state index contributed by atoms with van der Waals surface area (Å²) in [7, 11) is 2.94. The Hall–Kier alpha value is -0.735. The molecule has 1 aromatic carbocycles. The van der Waals surface area contributed by atoms with Gasteiger partial charge in [0.25, 0.3) is 0 Å². The second kappa shape index (κ2) is 5.74. The lowest BCUT2D eigenvalue weighted by molar-refractivity contribution is -0.155. The van der Waals surface area contributed by atoms with E-state index in [1.165, 1.54) is 18.2 Å². The van der Waals surface area contributed by atoms with Gasteiger partial charge in [-0.05, 0) is 18.6 Å². The largest absolute Gasteiger partial charge is 0.466 e. The van der Waals surface area contributed by atoms with Gasteiger partial charge in [0.1, 0.15) is 7.85 Å². The minimum Gasteiger partial charge on any atom is -0.466 e. The van der Waals surface area contributed by atoms with Crippen molar-refractivity contribution in [3.63, 3.8) is 0 Å². The zero-order valence-electron chi connectivity index (χ0n) is 9.60. The normalized spacial score (nSPS) is 14.1. The van der Waals surface area contributed by atoms with Crippen molar-refractivity contribution in [1.29, 1.82) is 0 Å². The van der Waals surface area contributed by atoms with Crippen molar-refractivity contribution in [2.75, 3.05) is 7.11 Å². The van der Waals surface area contributed by atoms with Crippen LogP contribution in [0.25, 0.3) is 0 Å². The molecule has 0 saturated heterocycles. The Morgan fingerprint density at radius 3 is 2.59 bits per heavy atom. The monoisotopic (exact) mass is 276 g/mol. The van der Waals surface area contributed by atoms with Crippen molar-refractivity contribution in [3.8, 4) is 0 Å². The highest BCUT2D eigenvalue weighted by atomic mass is 35.5. The van der Waals surface area contributed by atoms with E-state index in [0.717, 1.165) is 7.11 Å². The van der Waals surface area contributed by atoms with Gasteiger partial charge in [-0.1, -0.05) is 35.6 Å². The van der Waals surface area contributed by atoms with Gasteiger partial charge in [0, 0.05) is 5.56 Å². The lowest BCUT2D eigenvalue weighted by atomic mass is 9.86. The van der Waals surface area contributed by atoms with Crippen LogP contribution in [0.2, 0.25) is 16.4 Å². The van der Waals surface area contributed by atoms with Crippen molar-refractivity contribution < 1.29 is 13.9 Å². The molecule has 6 heteroatoms. The molecule has 0 bridgehead atoms. The van der Waals surface area contributed by atoms with E-state index in [4.69, 9.17) is 23.2 Å². The van der Waals surface area contributed by atoms with Crippen molar-refractivity contribution in [2.45, 2.75) is 18.4 Å². The Kier molecular flexibility index (Phi) is 4.84. The lowest BCUT2D eigenvalue weighted by Gasteiger charge is -2.22. The van der Waals surface area contributed by atoms with Crippen LogP contribution in [-0.4, -0.2) is 20.9 Å². The number of hydrogen-bond donors (Lipinski definition) is 0. The molecule has 0 N–H and O–H groups in total. The van der Waals surface area contributed by atoms with Gasteiger partial charge in [-0.3, -0.25) is 0 Å². The fourth-order valence-corrected chi connectivity index (χ4v) is 1.91. The minimum absolute atomic E-state index is 0.0393. The number of benzene rings is 1.